The van der Waals surface area contributed by atoms with E-state index in [1.54, 1.807) is 4.57 Å². The highest BCUT2D eigenvalue weighted by molar-refractivity contribution is 5.98. The van der Waals surface area contributed by atoms with E-state index in [1.165, 1.54) is 5.69 Å². The molecule has 2 atom stereocenters. The lowest BCUT2D eigenvalue weighted by molar-refractivity contribution is 0.407. The normalized spacial score (nSPS) is 18.1. The summed E-state index contributed by atoms with van der Waals surface area (Å²) in [6, 6.07) is 24.7. The quantitative estimate of drug-likeness (QED) is 0.478. The summed E-state index contributed by atoms with van der Waals surface area (Å²) in [5, 5.41) is 14.3. The molecular formula is C29H28N4O. The number of rotatable bonds is 3. The minimum absolute atomic E-state index is 0.0340. The third-order valence-electron chi connectivity index (χ3n) is 6.61. The van der Waals surface area contributed by atoms with Gasteiger partial charge in [0.15, 0.2) is 0 Å². The smallest absolute Gasteiger partial charge is 0.262 e. The Labute approximate surface area is 199 Å². The second kappa shape index (κ2) is 8.81. The molecule has 0 radical (unpaired) electrons. The van der Waals surface area contributed by atoms with Gasteiger partial charge in [-0.2, -0.15) is 5.26 Å². The summed E-state index contributed by atoms with van der Waals surface area (Å²) < 4.78 is 1.74. The van der Waals surface area contributed by atoms with Crippen molar-refractivity contribution >= 4 is 16.5 Å². The third kappa shape index (κ3) is 3.98. The number of nitrogens with zero attached hydrogens (tertiary/aromatic N) is 3. The second-order valence-electron chi connectivity index (χ2n) is 9.29. The van der Waals surface area contributed by atoms with Gasteiger partial charge in [-0.1, -0.05) is 24.3 Å². The molecule has 0 bridgehead atoms. The van der Waals surface area contributed by atoms with Gasteiger partial charge in [0.25, 0.3) is 5.56 Å². The highest BCUT2D eigenvalue weighted by atomic mass is 16.1. The number of hydrogen-bond donors (Lipinski definition) is 1. The fourth-order valence-electron chi connectivity index (χ4n) is 5.12. The number of anilines is 1. The molecule has 1 aliphatic rings. The van der Waals surface area contributed by atoms with E-state index in [0.29, 0.717) is 23.0 Å². The number of aryl methyl sites for hydroxylation is 1. The Morgan fingerprint density at radius 1 is 0.912 bits per heavy atom. The van der Waals surface area contributed by atoms with Crippen LogP contribution in [0, 0.1) is 18.3 Å². The molecule has 1 N–H and O–H groups in total. The van der Waals surface area contributed by atoms with Crippen molar-refractivity contribution in [3.8, 4) is 22.9 Å². The Kier molecular flexibility index (Phi) is 5.69. The van der Waals surface area contributed by atoms with Gasteiger partial charge < -0.3 is 10.2 Å². The molecule has 5 nitrogen and oxygen atoms in total. The van der Waals surface area contributed by atoms with Crippen molar-refractivity contribution in [2.45, 2.75) is 32.9 Å². The molecule has 1 saturated heterocycles. The SMILES string of the molecule is Cc1cn(-c2ccc(N3C[C@@H](C)N[C@H](C)C3)cc2)c(=O)c2cccc(-c3ccc(C#N)cc3)c12. The number of hydrogen-bond acceptors (Lipinski definition) is 4. The fraction of sp³-hybridized carbons (Fsp3) is 0.241. The Bertz CT molecular complexity index is 1440. The monoisotopic (exact) mass is 448 g/mol. The van der Waals surface area contributed by atoms with Crippen molar-refractivity contribution in [2.24, 2.45) is 0 Å². The Morgan fingerprint density at radius 2 is 1.56 bits per heavy atom. The first-order valence-electron chi connectivity index (χ1n) is 11.7. The molecule has 2 heterocycles. The van der Waals surface area contributed by atoms with Crippen LogP contribution in [-0.4, -0.2) is 29.7 Å². The van der Waals surface area contributed by atoms with Crippen LogP contribution in [0.2, 0.25) is 0 Å². The molecule has 1 aliphatic heterocycles. The zero-order chi connectivity index (χ0) is 23.8. The number of aromatic nitrogens is 1. The number of fused-ring (bicyclic) bond motifs is 1. The van der Waals surface area contributed by atoms with Gasteiger partial charge in [-0.3, -0.25) is 9.36 Å². The van der Waals surface area contributed by atoms with Crippen molar-refractivity contribution in [1.29, 1.82) is 5.26 Å². The molecule has 0 amide bonds. The molecule has 0 unspecified atom stereocenters. The number of nitriles is 1. The summed E-state index contributed by atoms with van der Waals surface area (Å²) in [7, 11) is 0. The molecular weight excluding hydrogens is 420 g/mol. The molecule has 0 spiro atoms. The van der Waals surface area contributed by atoms with Gasteiger partial charge in [0, 0.05) is 48.1 Å². The summed E-state index contributed by atoms with van der Waals surface area (Å²) in [5.74, 6) is 0. The van der Waals surface area contributed by atoms with Crippen LogP contribution in [-0.2, 0) is 0 Å². The number of benzene rings is 3. The van der Waals surface area contributed by atoms with E-state index < -0.39 is 0 Å². The first-order valence-corrected chi connectivity index (χ1v) is 11.7. The summed E-state index contributed by atoms with van der Waals surface area (Å²) >= 11 is 0. The van der Waals surface area contributed by atoms with Gasteiger partial charge in [0.2, 0.25) is 0 Å². The van der Waals surface area contributed by atoms with Crippen LogP contribution in [0.1, 0.15) is 25.0 Å². The van der Waals surface area contributed by atoms with Crippen molar-refractivity contribution in [3.05, 3.63) is 94.4 Å². The number of nitrogens with one attached hydrogen (secondary N) is 1. The summed E-state index contributed by atoms with van der Waals surface area (Å²) in [6.45, 7) is 8.40. The van der Waals surface area contributed by atoms with Crippen LogP contribution in [0.4, 0.5) is 5.69 Å². The van der Waals surface area contributed by atoms with E-state index in [-0.39, 0.29) is 5.56 Å². The van der Waals surface area contributed by atoms with Gasteiger partial charge >= 0.3 is 0 Å². The molecule has 1 fully saturated rings. The lowest BCUT2D eigenvalue weighted by atomic mass is 9.96. The van der Waals surface area contributed by atoms with Crippen molar-refractivity contribution < 1.29 is 0 Å². The highest BCUT2D eigenvalue weighted by Crippen LogP contribution is 2.30. The number of piperazine rings is 1. The molecule has 3 aromatic carbocycles. The van der Waals surface area contributed by atoms with E-state index in [0.717, 1.165) is 40.9 Å². The predicted octanol–water partition coefficient (Wildman–Crippen LogP) is 5.02. The molecule has 34 heavy (non-hydrogen) atoms. The average molecular weight is 449 g/mol. The summed E-state index contributed by atoms with van der Waals surface area (Å²) in [5.41, 5.74) is 5.65. The van der Waals surface area contributed by atoms with Crippen molar-refractivity contribution in [2.75, 3.05) is 18.0 Å². The van der Waals surface area contributed by atoms with Gasteiger partial charge in [0.05, 0.1) is 11.6 Å². The highest BCUT2D eigenvalue weighted by Gasteiger charge is 2.21. The maximum atomic E-state index is 13.5. The van der Waals surface area contributed by atoms with E-state index in [4.69, 9.17) is 5.26 Å². The van der Waals surface area contributed by atoms with Gasteiger partial charge in [-0.25, -0.2) is 0 Å². The van der Waals surface area contributed by atoms with Crippen molar-refractivity contribution in [3.63, 3.8) is 0 Å². The molecule has 0 saturated carbocycles. The van der Waals surface area contributed by atoms with E-state index in [1.807, 2.05) is 67.7 Å². The van der Waals surface area contributed by atoms with Crippen molar-refractivity contribution in [1.82, 2.24) is 9.88 Å². The largest absolute Gasteiger partial charge is 0.368 e. The van der Waals surface area contributed by atoms with E-state index in [9.17, 15) is 4.79 Å². The van der Waals surface area contributed by atoms with Crippen LogP contribution in [0.15, 0.2) is 77.7 Å². The maximum Gasteiger partial charge on any atom is 0.262 e. The summed E-state index contributed by atoms with van der Waals surface area (Å²) in [6.07, 6.45) is 1.93. The van der Waals surface area contributed by atoms with E-state index in [2.05, 4.69) is 42.3 Å². The van der Waals surface area contributed by atoms with Crippen LogP contribution in [0.5, 0.6) is 0 Å². The zero-order valence-electron chi connectivity index (χ0n) is 19.7. The molecule has 5 rings (SSSR count). The fourth-order valence-corrected chi connectivity index (χ4v) is 5.12. The van der Waals surface area contributed by atoms with Crippen LogP contribution in [0.3, 0.4) is 0 Å². The molecule has 4 aromatic rings. The predicted molar refractivity (Wildman–Crippen MR) is 139 cm³/mol. The summed E-state index contributed by atoms with van der Waals surface area (Å²) in [4.78, 5) is 15.9. The molecule has 1 aromatic heterocycles. The van der Waals surface area contributed by atoms with E-state index >= 15 is 0 Å². The Hall–Kier alpha value is -3.88. The van der Waals surface area contributed by atoms with Gasteiger partial charge in [-0.15, -0.1) is 0 Å². The standard InChI is InChI=1S/C29H28N4O/c1-19-16-33(25-13-11-24(12-14-25)32-17-20(2)31-21(3)18-32)29(34)27-6-4-5-26(28(19)27)23-9-7-22(15-30)8-10-23/h4-14,16,20-21,31H,17-18H2,1-3H3/t20-,21-/m1/s1. The lowest BCUT2D eigenvalue weighted by Gasteiger charge is -2.37. The topological polar surface area (TPSA) is 61.1 Å². The zero-order valence-corrected chi connectivity index (χ0v) is 19.7. The number of pyridine rings is 1. The second-order valence-corrected chi connectivity index (χ2v) is 9.29. The Morgan fingerprint density at radius 3 is 2.21 bits per heavy atom. The molecule has 0 aliphatic carbocycles. The first kappa shape index (κ1) is 21.9. The maximum absolute atomic E-state index is 13.5. The minimum atomic E-state index is -0.0340. The average Bonchev–Trinajstić information content (AvgIpc) is 2.85. The van der Waals surface area contributed by atoms with Gasteiger partial charge in [0.1, 0.15) is 0 Å². The third-order valence-corrected chi connectivity index (χ3v) is 6.61. The van der Waals surface area contributed by atoms with Crippen LogP contribution >= 0.6 is 0 Å². The molecule has 170 valence electrons. The van der Waals surface area contributed by atoms with Crippen LogP contribution in [0.25, 0.3) is 27.6 Å². The first-order chi connectivity index (χ1) is 16.4. The lowest BCUT2D eigenvalue weighted by Crippen LogP contribution is -2.54. The molecule has 5 heteroatoms. The minimum Gasteiger partial charge on any atom is -0.368 e. The van der Waals surface area contributed by atoms with Gasteiger partial charge in [-0.05, 0) is 85.3 Å². The van der Waals surface area contributed by atoms with Crippen LogP contribution < -0.4 is 15.8 Å². The Balaban J connectivity index is 1.55.